The first kappa shape index (κ1) is 26.6. The van der Waals surface area contributed by atoms with Crippen molar-refractivity contribution in [3.8, 4) is 17.2 Å². The molecule has 0 bridgehead atoms. The second kappa shape index (κ2) is 11.3. The third-order valence-corrected chi connectivity index (χ3v) is 6.57. The molecule has 13 heteroatoms. The van der Waals surface area contributed by atoms with Crippen LogP contribution in [0.1, 0.15) is 18.1 Å². The number of amides is 2. The van der Waals surface area contributed by atoms with Crippen LogP contribution in [-0.2, 0) is 11.3 Å². The van der Waals surface area contributed by atoms with Crippen LogP contribution in [0.5, 0.6) is 17.2 Å². The Morgan fingerprint density at radius 3 is 2.39 bits per heavy atom. The summed E-state index contributed by atoms with van der Waals surface area (Å²) in [7, 11) is 0. The smallest absolute Gasteiger partial charge is 0.318 e. The third-order valence-electron chi connectivity index (χ3n) is 5.30. The Labute approximate surface area is 224 Å². The number of thioether (sulfide) groups is 1. The highest BCUT2D eigenvalue weighted by Gasteiger charge is 2.35. The Balaban J connectivity index is 1.60. The molecule has 0 aromatic heterocycles. The number of carbonyl (C=O) groups excluding carboxylic acids is 2. The second-order valence-electron chi connectivity index (χ2n) is 7.77. The Morgan fingerprint density at radius 1 is 0.974 bits per heavy atom. The Kier molecular flexibility index (Phi) is 7.93. The van der Waals surface area contributed by atoms with Crippen molar-refractivity contribution in [1.82, 2.24) is 4.90 Å². The van der Waals surface area contributed by atoms with Gasteiger partial charge in [-0.1, -0.05) is 35.9 Å². The first-order valence-corrected chi connectivity index (χ1v) is 12.2. The van der Waals surface area contributed by atoms with Gasteiger partial charge in [0, 0.05) is 11.1 Å². The van der Waals surface area contributed by atoms with Gasteiger partial charge in [-0.25, -0.2) is 0 Å². The molecule has 38 heavy (non-hydrogen) atoms. The maximum atomic E-state index is 12.9. The van der Waals surface area contributed by atoms with E-state index in [2.05, 4.69) is 0 Å². The average molecular weight is 556 g/mol. The fourth-order valence-electron chi connectivity index (χ4n) is 3.52. The molecule has 0 aliphatic carbocycles. The topological polar surface area (TPSA) is 142 Å². The van der Waals surface area contributed by atoms with Crippen molar-refractivity contribution in [2.45, 2.75) is 13.5 Å². The number of rotatable bonds is 9. The second-order valence-corrected chi connectivity index (χ2v) is 9.17. The monoisotopic (exact) mass is 555 g/mol. The number of nitrogens with zero attached hydrogens (tertiary/aromatic N) is 3. The van der Waals surface area contributed by atoms with Gasteiger partial charge in [0.2, 0.25) is 5.75 Å². The number of ether oxygens (including phenoxy) is 2. The first-order valence-electron chi connectivity index (χ1n) is 11.0. The summed E-state index contributed by atoms with van der Waals surface area (Å²) in [5, 5.41) is 22.5. The maximum Gasteiger partial charge on any atom is 0.318 e. The van der Waals surface area contributed by atoms with E-state index in [9.17, 15) is 29.8 Å². The van der Waals surface area contributed by atoms with Gasteiger partial charge < -0.3 is 9.47 Å². The molecule has 1 heterocycles. The van der Waals surface area contributed by atoms with Gasteiger partial charge in [-0.3, -0.25) is 34.7 Å². The zero-order valence-corrected chi connectivity index (χ0v) is 21.2. The third kappa shape index (κ3) is 5.76. The van der Waals surface area contributed by atoms with Crippen LogP contribution < -0.4 is 9.47 Å². The summed E-state index contributed by atoms with van der Waals surface area (Å²) in [4.78, 5) is 47.7. The van der Waals surface area contributed by atoms with Gasteiger partial charge in [0.1, 0.15) is 0 Å². The first-order chi connectivity index (χ1) is 18.2. The van der Waals surface area contributed by atoms with Gasteiger partial charge >= 0.3 is 5.69 Å². The van der Waals surface area contributed by atoms with Gasteiger partial charge in [-0.05, 0) is 60.2 Å². The fourth-order valence-corrected chi connectivity index (χ4v) is 4.55. The molecule has 4 rings (SSSR count). The number of hydrogen-bond acceptors (Lipinski definition) is 9. The lowest BCUT2D eigenvalue weighted by atomic mass is 10.1. The van der Waals surface area contributed by atoms with Crippen LogP contribution in [0.25, 0.3) is 6.08 Å². The molecular weight excluding hydrogens is 538 g/mol. The molecule has 0 atom stereocenters. The summed E-state index contributed by atoms with van der Waals surface area (Å²) >= 11 is 6.96. The van der Waals surface area contributed by atoms with E-state index in [4.69, 9.17) is 21.1 Å². The molecule has 194 valence electrons. The van der Waals surface area contributed by atoms with E-state index in [0.717, 1.165) is 34.9 Å². The quantitative estimate of drug-likeness (QED) is 0.162. The SMILES string of the molecule is CCOc1cc(/C=C2/SC(=O)N(Cc3ccccc3Cl)C2=O)ccc1Oc1ccc([N+](=O)[O-])cc1[N+](=O)[O-]. The van der Waals surface area contributed by atoms with E-state index in [1.807, 2.05) is 0 Å². The van der Waals surface area contributed by atoms with Crippen molar-refractivity contribution in [2.24, 2.45) is 0 Å². The zero-order chi connectivity index (χ0) is 27.4. The molecule has 1 aliphatic rings. The number of non-ortho nitro benzene ring substituents is 1. The van der Waals surface area contributed by atoms with Crippen LogP contribution in [0.15, 0.2) is 65.6 Å². The lowest BCUT2D eigenvalue weighted by Crippen LogP contribution is -2.27. The Bertz CT molecular complexity index is 1490. The Hall–Kier alpha value is -4.42. The largest absolute Gasteiger partial charge is 0.490 e. The number of carbonyl (C=O) groups is 2. The van der Waals surface area contributed by atoms with E-state index in [0.29, 0.717) is 16.1 Å². The van der Waals surface area contributed by atoms with Crippen molar-refractivity contribution in [3.05, 3.63) is 102 Å². The van der Waals surface area contributed by atoms with Crippen molar-refractivity contribution in [3.63, 3.8) is 0 Å². The molecule has 2 amide bonds. The number of nitro groups is 2. The molecule has 11 nitrogen and oxygen atoms in total. The van der Waals surface area contributed by atoms with Crippen LogP contribution in [0.3, 0.4) is 0 Å². The van der Waals surface area contributed by atoms with Crippen molar-refractivity contribution >= 4 is 52.0 Å². The van der Waals surface area contributed by atoms with Gasteiger partial charge in [0.25, 0.3) is 16.8 Å². The average Bonchev–Trinajstić information content (AvgIpc) is 3.14. The van der Waals surface area contributed by atoms with E-state index in [1.54, 1.807) is 43.3 Å². The van der Waals surface area contributed by atoms with Crippen molar-refractivity contribution in [1.29, 1.82) is 0 Å². The molecule has 0 saturated carbocycles. The Morgan fingerprint density at radius 2 is 1.71 bits per heavy atom. The number of benzene rings is 3. The minimum atomic E-state index is -0.782. The number of halogens is 1. The molecule has 0 spiro atoms. The summed E-state index contributed by atoms with van der Waals surface area (Å²) in [6.45, 7) is 1.99. The summed E-state index contributed by atoms with van der Waals surface area (Å²) in [6, 6.07) is 14.6. The minimum absolute atomic E-state index is 0.0344. The summed E-state index contributed by atoms with van der Waals surface area (Å²) in [6.07, 6.45) is 1.53. The van der Waals surface area contributed by atoms with Crippen LogP contribution >= 0.6 is 23.4 Å². The predicted molar refractivity (Wildman–Crippen MR) is 140 cm³/mol. The zero-order valence-electron chi connectivity index (χ0n) is 19.7. The van der Waals surface area contributed by atoms with Crippen molar-refractivity contribution < 1.29 is 28.9 Å². The van der Waals surface area contributed by atoms with E-state index < -0.39 is 32.4 Å². The maximum absolute atomic E-state index is 12.9. The van der Waals surface area contributed by atoms with Gasteiger partial charge in [0.05, 0.1) is 34.0 Å². The van der Waals surface area contributed by atoms with E-state index in [-0.39, 0.29) is 35.3 Å². The molecule has 0 unspecified atom stereocenters. The predicted octanol–water partition coefficient (Wildman–Crippen LogP) is 6.58. The van der Waals surface area contributed by atoms with Crippen molar-refractivity contribution in [2.75, 3.05) is 6.61 Å². The van der Waals surface area contributed by atoms with E-state index in [1.165, 1.54) is 12.1 Å². The van der Waals surface area contributed by atoms with E-state index >= 15 is 0 Å². The summed E-state index contributed by atoms with van der Waals surface area (Å²) < 4.78 is 11.3. The molecule has 1 saturated heterocycles. The standard InChI is InChI=1S/C25H18ClN3O8S/c1-2-36-22-11-15(7-9-21(22)37-20-10-8-17(28(32)33)13-19(20)29(34)35)12-23-24(30)27(25(31)38-23)14-16-5-3-4-6-18(16)26/h3-13H,2,14H2,1H3/b23-12+. The number of hydrogen-bond donors (Lipinski definition) is 0. The molecule has 0 radical (unpaired) electrons. The molecular formula is C25H18ClN3O8S. The molecule has 0 N–H and O–H groups in total. The number of imide groups is 1. The number of nitro benzene ring substituents is 2. The van der Waals surface area contributed by atoms with Crippen LogP contribution in [-0.4, -0.2) is 32.5 Å². The molecule has 3 aromatic carbocycles. The lowest BCUT2D eigenvalue weighted by molar-refractivity contribution is -0.394. The van der Waals surface area contributed by atoms with Crippen LogP contribution in [0.4, 0.5) is 16.2 Å². The highest BCUT2D eigenvalue weighted by atomic mass is 35.5. The fraction of sp³-hybridized carbons (Fsp3) is 0.120. The van der Waals surface area contributed by atoms with Gasteiger partial charge in [0.15, 0.2) is 11.5 Å². The summed E-state index contributed by atoms with van der Waals surface area (Å²) in [5.74, 6) is -0.355. The highest BCUT2D eigenvalue weighted by molar-refractivity contribution is 8.18. The summed E-state index contributed by atoms with van der Waals surface area (Å²) in [5.41, 5.74) is 0.117. The molecule has 1 aliphatic heterocycles. The van der Waals surface area contributed by atoms with Gasteiger partial charge in [-0.2, -0.15) is 0 Å². The minimum Gasteiger partial charge on any atom is -0.490 e. The van der Waals surface area contributed by atoms with Crippen LogP contribution in [0, 0.1) is 20.2 Å². The normalized spacial score (nSPS) is 14.2. The van der Waals surface area contributed by atoms with Gasteiger partial charge in [-0.15, -0.1) is 0 Å². The molecule has 1 fully saturated rings. The lowest BCUT2D eigenvalue weighted by Gasteiger charge is -2.13. The molecule has 3 aromatic rings. The van der Waals surface area contributed by atoms with Crippen LogP contribution in [0.2, 0.25) is 5.02 Å². The highest BCUT2D eigenvalue weighted by Crippen LogP contribution is 2.40.